The van der Waals surface area contributed by atoms with Gasteiger partial charge in [0.1, 0.15) is 5.82 Å². The van der Waals surface area contributed by atoms with E-state index in [1.165, 1.54) is 0 Å². The van der Waals surface area contributed by atoms with Crippen molar-refractivity contribution < 1.29 is 9.59 Å². The molecule has 3 aromatic rings. The van der Waals surface area contributed by atoms with Crippen LogP contribution in [0.5, 0.6) is 0 Å². The van der Waals surface area contributed by atoms with Crippen LogP contribution in [0, 0.1) is 0 Å². The van der Waals surface area contributed by atoms with Gasteiger partial charge in [0, 0.05) is 17.1 Å². The predicted octanol–water partition coefficient (Wildman–Crippen LogP) is 3.88. The minimum Gasteiger partial charge on any atom is -0.326 e. The summed E-state index contributed by atoms with van der Waals surface area (Å²) in [5.41, 5.74) is 0.528. The molecule has 10 heteroatoms. The van der Waals surface area contributed by atoms with Gasteiger partial charge in [0.2, 0.25) is 17.8 Å². The number of nitrogens with zero attached hydrogens (tertiary/aromatic N) is 1. The number of carbonyl (C=O) groups excluding carboxylic acids is 2. The second-order valence-electron chi connectivity index (χ2n) is 6.59. The Balaban J connectivity index is 1.65. The largest absolute Gasteiger partial charge is 0.326 e. The number of amides is 2. The molecule has 8 nitrogen and oxygen atoms in total. The number of nitrogens with one attached hydrogen (secondary N) is 4. The van der Waals surface area contributed by atoms with Crippen molar-refractivity contribution in [2.75, 3.05) is 16.0 Å². The van der Waals surface area contributed by atoms with Gasteiger partial charge in [-0.3, -0.25) is 19.4 Å². The van der Waals surface area contributed by atoms with Gasteiger partial charge in [-0.2, -0.15) is 4.98 Å². The first-order valence-corrected chi connectivity index (χ1v) is 9.68. The number of halogens is 2. The van der Waals surface area contributed by atoms with Gasteiger partial charge in [0.25, 0.3) is 5.56 Å². The van der Waals surface area contributed by atoms with E-state index < -0.39 is 23.3 Å². The molecule has 1 aliphatic heterocycles. The van der Waals surface area contributed by atoms with Crippen LogP contribution in [0.25, 0.3) is 0 Å². The molecule has 4 rings (SSSR count). The quantitative estimate of drug-likeness (QED) is 0.488. The molecule has 2 heterocycles. The molecule has 0 spiro atoms. The van der Waals surface area contributed by atoms with Crippen molar-refractivity contribution >= 4 is 58.2 Å². The first kappa shape index (κ1) is 19.9. The first-order valence-electron chi connectivity index (χ1n) is 8.93. The number of rotatable bonds is 4. The van der Waals surface area contributed by atoms with Gasteiger partial charge in [-0.25, -0.2) is 0 Å². The van der Waals surface area contributed by atoms with E-state index in [0.717, 1.165) is 0 Å². The monoisotopic (exact) mass is 443 g/mol. The Kier molecular flexibility index (Phi) is 5.43. The predicted molar refractivity (Wildman–Crippen MR) is 116 cm³/mol. The molecular weight excluding hydrogens is 429 g/mol. The van der Waals surface area contributed by atoms with Crippen LogP contribution in [-0.2, 0) is 9.59 Å². The first-order chi connectivity index (χ1) is 14.4. The third kappa shape index (κ3) is 4.14. The van der Waals surface area contributed by atoms with Crippen molar-refractivity contribution in [3.05, 3.63) is 74.5 Å². The number of aromatic amines is 1. The smallest absolute Gasteiger partial charge is 0.258 e. The van der Waals surface area contributed by atoms with Crippen molar-refractivity contribution in [2.45, 2.75) is 12.3 Å². The highest BCUT2D eigenvalue weighted by atomic mass is 35.5. The van der Waals surface area contributed by atoms with Crippen molar-refractivity contribution in [3.8, 4) is 0 Å². The molecule has 4 N–H and O–H groups in total. The highest BCUT2D eigenvalue weighted by molar-refractivity contribution is 6.33. The Morgan fingerprint density at radius 2 is 1.90 bits per heavy atom. The molecule has 1 aromatic heterocycles. The highest BCUT2D eigenvalue weighted by Crippen LogP contribution is 2.31. The van der Waals surface area contributed by atoms with E-state index in [1.807, 2.05) is 0 Å². The zero-order valence-electron chi connectivity index (χ0n) is 15.3. The molecule has 0 bridgehead atoms. The van der Waals surface area contributed by atoms with Gasteiger partial charge in [-0.15, -0.1) is 0 Å². The van der Waals surface area contributed by atoms with Crippen molar-refractivity contribution in [1.82, 2.24) is 9.97 Å². The van der Waals surface area contributed by atoms with E-state index in [4.69, 9.17) is 23.2 Å². The fourth-order valence-corrected chi connectivity index (χ4v) is 3.51. The minimum absolute atomic E-state index is 0.0267. The van der Waals surface area contributed by atoms with Gasteiger partial charge < -0.3 is 16.0 Å². The molecule has 30 heavy (non-hydrogen) atoms. The van der Waals surface area contributed by atoms with E-state index in [2.05, 4.69) is 25.9 Å². The van der Waals surface area contributed by atoms with E-state index in [1.54, 1.807) is 48.5 Å². The number of hydrogen-bond acceptors (Lipinski definition) is 5. The third-order valence-electron chi connectivity index (χ3n) is 4.49. The summed E-state index contributed by atoms with van der Waals surface area (Å²) in [4.78, 5) is 44.6. The summed E-state index contributed by atoms with van der Waals surface area (Å²) >= 11 is 12.0. The van der Waals surface area contributed by atoms with Crippen LogP contribution < -0.4 is 21.5 Å². The lowest BCUT2D eigenvalue weighted by Gasteiger charge is -2.23. The van der Waals surface area contributed by atoms with Crippen molar-refractivity contribution in [3.63, 3.8) is 0 Å². The third-order valence-corrected chi connectivity index (χ3v) is 5.05. The molecule has 1 atom stereocenters. The van der Waals surface area contributed by atoms with Crippen LogP contribution in [0.1, 0.15) is 17.9 Å². The number of aromatic nitrogens is 2. The van der Waals surface area contributed by atoms with Crippen LogP contribution in [0.4, 0.5) is 23.1 Å². The maximum atomic E-state index is 12.8. The van der Waals surface area contributed by atoms with E-state index in [0.29, 0.717) is 21.4 Å². The fourth-order valence-electron chi connectivity index (χ4n) is 3.14. The molecule has 2 amide bonds. The van der Waals surface area contributed by atoms with Crippen LogP contribution in [-0.4, -0.2) is 21.8 Å². The van der Waals surface area contributed by atoms with Crippen LogP contribution >= 0.6 is 23.2 Å². The number of hydrogen-bond donors (Lipinski definition) is 4. The molecule has 0 saturated carbocycles. The molecular formula is C20H15Cl2N5O3. The van der Waals surface area contributed by atoms with Crippen LogP contribution in [0.3, 0.4) is 0 Å². The second-order valence-corrected chi connectivity index (χ2v) is 7.43. The summed E-state index contributed by atoms with van der Waals surface area (Å²) in [6.45, 7) is 0. The zero-order chi connectivity index (χ0) is 21.3. The maximum absolute atomic E-state index is 12.8. The van der Waals surface area contributed by atoms with E-state index in [-0.39, 0.29) is 23.8 Å². The lowest BCUT2D eigenvalue weighted by atomic mass is 9.92. The van der Waals surface area contributed by atoms with Crippen LogP contribution in [0.2, 0.25) is 10.0 Å². The lowest BCUT2D eigenvalue weighted by Crippen LogP contribution is -2.36. The Morgan fingerprint density at radius 3 is 2.67 bits per heavy atom. The van der Waals surface area contributed by atoms with Crippen LogP contribution in [0.15, 0.2) is 53.3 Å². The summed E-state index contributed by atoms with van der Waals surface area (Å²) in [6.07, 6.45) is -0.185. The number of H-pyrrole nitrogens is 1. The van der Waals surface area contributed by atoms with Crippen molar-refractivity contribution in [1.29, 1.82) is 0 Å². The summed E-state index contributed by atoms with van der Waals surface area (Å²) in [5, 5.41) is 9.00. The van der Waals surface area contributed by atoms with Gasteiger partial charge in [0.05, 0.1) is 22.2 Å². The molecule has 2 aromatic carbocycles. The fraction of sp³-hybridized carbons (Fsp3) is 0.100. The number of anilines is 4. The summed E-state index contributed by atoms with van der Waals surface area (Å²) < 4.78 is 0. The maximum Gasteiger partial charge on any atom is 0.258 e. The topological polar surface area (TPSA) is 116 Å². The summed E-state index contributed by atoms with van der Waals surface area (Å²) in [5.74, 6) is -1.83. The number of carbonyl (C=O) groups is 2. The van der Waals surface area contributed by atoms with Gasteiger partial charge >= 0.3 is 0 Å². The molecule has 152 valence electrons. The van der Waals surface area contributed by atoms with Crippen molar-refractivity contribution in [2.24, 2.45) is 0 Å². The number of benzene rings is 2. The Bertz CT molecular complexity index is 1210. The lowest BCUT2D eigenvalue weighted by molar-refractivity contribution is -0.123. The van der Waals surface area contributed by atoms with E-state index in [9.17, 15) is 14.4 Å². The van der Waals surface area contributed by atoms with Gasteiger partial charge in [0.15, 0.2) is 0 Å². The molecule has 0 saturated heterocycles. The van der Waals surface area contributed by atoms with E-state index >= 15 is 0 Å². The average molecular weight is 444 g/mol. The standard InChI is InChI=1S/C20H15Cl2N5O3/c21-10-4-3-5-11(8-10)23-20-26-17-16(19(30)27-20)12(9-15(28)25-17)18(29)24-14-7-2-1-6-13(14)22/h1-8,12H,9H2,(H,24,29)(H3,23,25,26,27,28,30)/t12-/m0/s1. The Hall–Kier alpha value is -3.36. The normalized spacial score (nSPS) is 15.1. The Labute approximate surface area is 180 Å². The second kappa shape index (κ2) is 8.17. The number of fused-ring (bicyclic) bond motifs is 1. The molecule has 0 aliphatic carbocycles. The average Bonchev–Trinajstić information content (AvgIpc) is 2.68. The molecule has 0 radical (unpaired) electrons. The van der Waals surface area contributed by atoms with Gasteiger partial charge in [-0.05, 0) is 30.3 Å². The minimum atomic E-state index is -1.01. The SMILES string of the molecule is O=C1C[C@H](C(=O)Nc2ccccc2Cl)c2c(nc(Nc3cccc(Cl)c3)[nH]c2=O)N1. The molecule has 0 unspecified atom stereocenters. The summed E-state index contributed by atoms with van der Waals surface area (Å²) in [6, 6.07) is 13.5. The zero-order valence-corrected chi connectivity index (χ0v) is 16.8. The Morgan fingerprint density at radius 1 is 1.10 bits per heavy atom. The number of para-hydroxylation sites is 1. The van der Waals surface area contributed by atoms with Gasteiger partial charge in [-0.1, -0.05) is 41.4 Å². The highest BCUT2D eigenvalue weighted by Gasteiger charge is 2.35. The molecule has 0 fully saturated rings. The molecule has 1 aliphatic rings. The summed E-state index contributed by atoms with van der Waals surface area (Å²) in [7, 11) is 0.